The quantitative estimate of drug-likeness (QED) is 0.371. The lowest BCUT2D eigenvalue weighted by atomic mass is 10.4. The second-order valence-electron chi connectivity index (χ2n) is 2.47. The van der Waals surface area contributed by atoms with E-state index in [0.29, 0.717) is 0 Å². The Morgan fingerprint density at radius 2 is 2.33 bits per heavy atom. The molecule has 0 aromatic rings. The van der Waals surface area contributed by atoms with Gasteiger partial charge >= 0.3 is 0 Å². The minimum absolute atomic E-state index is 0.432. The van der Waals surface area contributed by atoms with Gasteiger partial charge in [0.2, 0.25) is 0 Å². The summed E-state index contributed by atoms with van der Waals surface area (Å²) in [7, 11) is 1.50. The molecular formula is C8H18N2OP+. The summed E-state index contributed by atoms with van der Waals surface area (Å²) in [6.07, 6.45) is 4.59. The van der Waals surface area contributed by atoms with Gasteiger partial charge in [-0.25, -0.2) is 0 Å². The smallest absolute Gasteiger partial charge is 0.176 e. The Kier molecular flexibility index (Phi) is 8.46. The van der Waals surface area contributed by atoms with Gasteiger partial charge in [0.15, 0.2) is 7.70 Å². The van der Waals surface area contributed by atoms with E-state index in [4.69, 9.17) is 10.2 Å². The van der Waals surface area contributed by atoms with Crippen molar-refractivity contribution in [1.82, 2.24) is 5.32 Å². The van der Waals surface area contributed by atoms with Crippen LogP contribution in [-0.4, -0.2) is 32.7 Å². The molecule has 70 valence electrons. The molecule has 0 radical (unpaired) electrons. The normalized spacial score (nSPS) is 12.4. The Bertz CT molecular complexity index is 153. The van der Waals surface area contributed by atoms with E-state index in [-0.39, 0.29) is 0 Å². The highest BCUT2D eigenvalue weighted by molar-refractivity contribution is 7.54. The fraction of sp³-hybridized carbons (Fsp3) is 0.625. The van der Waals surface area contributed by atoms with Crippen molar-refractivity contribution in [2.24, 2.45) is 5.50 Å². The molecule has 4 heteroatoms. The van der Waals surface area contributed by atoms with Crippen LogP contribution in [0.3, 0.4) is 0 Å². The van der Waals surface area contributed by atoms with E-state index in [1.165, 1.54) is 0 Å². The molecule has 0 heterocycles. The van der Waals surface area contributed by atoms with E-state index in [2.05, 4.69) is 5.32 Å². The zero-order valence-corrected chi connectivity index (χ0v) is 8.68. The molecule has 0 bridgehead atoms. The van der Waals surface area contributed by atoms with Crippen molar-refractivity contribution in [3.63, 3.8) is 0 Å². The van der Waals surface area contributed by atoms with Gasteiger partial charge in [0.1, 0.15) is 12.5 Å². The lowest BCUT2D eigenvalue weighted by Crippen LogP contribution is -2.09. The molecule has 12 heavy (non-hydrogen) atoms. The molecule has 0 aromatic heterocycles. The van der Waals surface area contributed by atoms with E-state index in [1.54, 1.807) is 6.26 Å². The molecule has 0 saturated heterocycles. The van der Waals surface area contributed by atoms with Gasteiger partial charge in [0.05, 0.1) is 12.9 Å². The maximum absolute atomic E-state index is 5.55. The third kappa shape index (κ3) is 9.63. The first kappa shape index (κ1) is 11.6. The minimum Gasteiger partial charge on any atom is -0.501 e. The Hall–Kier alpha value is -0.370. The molecule has 0 spiro atoms. The zero-order chi connectivity index (χ0) is 9.23. The SMILES string of the molecule is CNCCCO/C=C/C=[P+](C)N. The first-order valence-corrected chi connectivity index (χ1v) is 5.94. The van der Waals surface area contributed by atoms with Crippen molar-refractivity contribution in [2.75, 3.05) is 26.9 Å². The molecule has 0 aliphatic carbocycles. The third-order valence-electron chi connectivity index (χ3n) is 1.18. The van der Waals surface area contributed by atoms with E-state index < -0.39 is 7.70 Å². The number of rotatable bonds is 6. The summed E-state index contributed by atoms with van der Waals surface area (Å²) in [4.78, 5) is 0. The molecule has 0 aliphatic rings. The number of allylic oxidation sites excluding steroid dienone is 1. The number of hydrogen-bond acceptors (Lipinski definition) is 3. The van der Waals surface area contributed by atoms with Crippen molar-refractivity contribution >= 4 is 13.5 Å². The van der Waals surface area contributed by atoms with Gasteiger partial charge in [-0.15, -0.1) is 0 Å². The highest BCUT2D eigenvalue weighted by Gasteiger charge is 1.84. The van der Waals surface area contributed by atoms with Crippen molar-refractivity contribution in [3.8, 4) is 0 Å². The molecule has 1 atom stereocenters. The predicted molar refractivity (Wildman–Crippen MR) is 56.7 cm³/mol. The number of nitrogens with one attached hydrogen (secondary N) is 1. The fourth-order valence-corrected chi connectivity index (χ4v) is 0.969. The van der Waals surface area contributed by atoms with Crippen LogP contribution in [0.1, 0.15) is 6.42 Å². The Balaban J connectivity index is 3.19. The van der Waals surface area contributed by atoms with Crippen LogP contribution in [0, 0.1) is 0 Å². The lowest BCUT2D eigenvalue weighted by Gasteiger charge is -1.98. The highest BCUT2D eigenvalue weighted by atomic mass is 31.1. The minimum atomic E-state index is -0.432. The molecular weight excluding hydrogens is 171 g/mol. The van der Waals surface area contributed by atoms with Crippen LogP contribution in [-0.2, 0) is 4.74 Å². The second-order valence-corrected chi connectivity index (χ2v) is 4.10. The molecule has 0 aromatic carbocycles. The molecule has 3 nitrogen and oxygen atoms in total. The Morgan fingerprint density at radius 1 is 1.58 bits per heavy atom. The molecule has 0 aliphatic heterocycles. The summed E-state index contributed by atoms with van der Waals surface area (Å²) in [6.45, 7) is 3.74. The van der Waals surface area contributed by atoms with Gasteiger partial charge in [0.25, 0.3) is 0 Å². The first-order valence-electron chi connectivity index (χ1n) is 4.01. The van der Waals surface area contributed by atoms with Crippen LogP contribution in [0.25, 0.3) is 0 Å². The number of nitrogens with two attached hydrogens (primary N) is 1. The van der Waals surface area contributed by atoms with Crippen LogP contribution in [0.4, 0.5) is 0 Å². The molecule has 0 amide bonds. The van der Waals surface area contributed by atoms with Crippen molar-refractivity contribution in [3.05, 3.63) is 12.3 Å². The van der Waals surface area contributed by atoms with Gasteiger partial charge in [-0.1, -0.05) is 0 Å². The monoisotopic (exact) mass is 189 g/mol. The summed E-state index contributed by atoms with van der Waals surface area (Å²) in [5.74, 6) is 1.95. The van der Waals surface area contributed by atoms with Gasteiger partial charge < -0.3 is 10.1 Å². The lowest BCUT2D eigenvalue weighted by molar-refractivity contribution is 0.245. The zero-order valence-electron chi connectivity index (χ0n) is 7.79. The Morgan fingerprint density at radius 3 is 2.92 bits per heavy atom. The Labute approximate surface area is 75.4 Å². The standard InChI is InChI=1S/C8H18N2OP/c1-10-5-3-6-11-7-4-8-12(2)9/h4,7-8,10H,3,5-6,9H2,1-2H3/q+1/b7-4+. The summed E-state index contributed by atoms with van der Waals surface area (Å²) in [5.41, 5.74) is 5.55. The molecule has 0 rings (SSSR count). The van der Waals surface area contributed by atoms with Gasteiger partial charge in [-0.3, -0.25) is 0 Å². The van der Waals surface area contributed by atoms with Crippen LogP contribution >= 0.6 is 7.70 Å². The average Bonchev–Trinajstić information content (AvgIpc) is 2.02. The van der Waals surface area contributed by atoms with Crippen molar-refractivity contribution in [2.45, 2.75) is 6.42 Å². The maximum atomic E-state index is 5.55. The first-order chi connectivity index (χ1) is 5.77. The number of ether oxygens (including phenoxy) is 1. The van der Waals surface area contributed by atoms with Crippen LogP contribution in [0.5, 0.6) is 0 Å². The van der Waals surface area contributed by atoms with E-state index in [1.807, 2.05) is 25.6 Å². The van der Waals surface area contributed by atoms with Crippen molar-refractivity contribution in [1.29, 1.82) is 0 Å². The van der Waals surface area contributed by atoms with Gasteiger partial charge in [-0.2, -0.15) is 5.50 Å². The molecule has 0 fully saturated rings. The largest absolute Gasteiger partial charge is 0.501 e. The van der Waals surface area contributed by atoms with Crippen LogP contribution in [0.2, 0.25) is 0 Å². The van der Waals surface area contributed by atoms with E-state index in [0.717, 1.165) is 19.6 Å². The molecule has 0 saturated carbocycles. The van der Waals surface area contributed by atoms with E-state index >= 15 is 0 Å². The topological polar surface area (TPSA) is 47.3 Å². The van der Waals surface area contributed by atoms with Crippen LogP contribution in [0.15, 0.2) is 12.3 Å². The fourth-order valence-electron chi connectivity index (χ4n) is 0.627. The molecule has 1 unspecified atom stereocenters. The molecule has 3 N–H and O–H groups in total. The summed E-state index contributed by atoms with van der Waals surface area (Å²) >= 11 is 0. The van der Waals surface area contributed by atoms with Gasteiger partial charge in [-0.05, 0) is 20.0 Å². The van der Waals surface area contributed by atoms with Gasteiger partial charge in [0, 0.05) is 6.08 Å². The van der Waals surface area contributed by atoms with Crippen LogP contribution < -0.4 is 10.8 Å². The average molecular weight is 189 g/mol. The predicted octanol–water partition coefficient (Wildman–Crippen LogP) is 0.914. The third-order valence-corrected chi connectivity index (χ3v) is 1.83. The highest BCUT2D eigenvalue weighted by Crippen LogP contribution is 1.98. The van der Waals surface area contributed by atoms with E-state index in [9.17, 15) is 0 Å². The second kappa shape index (κ2) is 8.72. The summed E-state index contributed by atoms with van der Waals surface area (Å²) in [5, 5.41) is 3.05. The number of hydrogen-bond donors (Lipinski definition) is 2. The summed E-state index contributed by atoms with van der Waals surface area (Å²) < 4.78 is 5.19. The summed E-state index contributed by atoms with van der Waals surface area (Å²) in [6, 6.07) is 0. The van der Waals surface area contributed by atoms with Crippen molar-refractivity contribution < 1.29 is 4.74 Å². The maximum Gasteiger partial charge on any atom is 0.176 e.